The van der Waals surface area contributed by atoms with E-state index in [9.17, 15) is 4.79 Å². The molecule has 0 spiro atoms. The highest BCUT2D eigenvalue weighted by Gasteiger charge is 2.33. The summed E-state index contributed by atoms with van der Waals surface area (Å²) in [7, 11) is 0. The van der Waals surface area contributed by atoms with Crippen molar-refractivity contribution in [3.8, 4) is 0 Å². The number of hydrogen-bond donors (Lipinski definition) is 2. The molecule has 1 saturated heterocycles. The van der Waals surface area contributed by atoms with Crippen LogP contribution < -0.4 is 10.6 Å². The summed E-state index contributed by atoms with van der Waals surface area (Å²) in [4.78, 5) is 13.3. The average Bonchev–Trinajstić information content (AvgIpc) is 2.73. The van der Waals surface area contributed by atoms with Crippen molar-refractivity contribution in [2.75, 3.05) is 6.54 Å². The Morgan fingerprint density at radius 1 is 1.65 bits per heavy atom. The number of rotatable bonds is 3. The summed E-state index contributed by atoms with van der Waals surface area (Å²) in [6.07, 6.45) is 3.22. The zero-order chi connectivity index (χ0) is 12.3. The Kier molecular flexibility index (Phi) is 4.22. The van der Waals surface area contributed by atoms with Crippen LogP contribution in [0.25, 0.3) is 0 Å². The lowest BCUT2D eigenvalue weighted by atomic mass is 9.90. The number of piperidine rings is 1. The predicted molar refractivity (Wildman–Crippen MR) is 74.1 cm³/mol. The summed E-state index contributed by atoms with van der Waals surface area (Å²) in [5, 5.41) is 8.36. The molecular weight excluding hydrogens is 300 g/mol. The number of thiophene rings is 1. The van der Waals surface area contributed by atoms with E-state index in [1.165, 1.54) is 11.3 Å². The Labute approximate surface area is 114 Å². The molecular formula is C12H17BrN2OS. The molecule has 1 fully saturated rings. The first-order valence-corrected chi connectivity index (χ1v) is 7.54. The van der Waals surface area contributed by atoms with Gasteiger partial charge in [0, 0.05) is 14.7 Å². The van der Waals surface area contributed by atoms with Gasteiger partial charge in [0.2, 0.25) is 5.91 Å². The summed E-state index contributed by atoms with van der Waals surface area (Å²) >= 11 is 5.07. The van der Waals surface area contributed by atoms with Crippen LogP contribution in [0.15, 0.2) is 15.9 Å². The first-order valence-electron chi connectivity index (χ1n) is 5.86. The highest BCUT2D eigenvalue weighted by atomic mass is 79.9. The Morgan fingerprint density at radius 3 is 3.06 bits per heavy atom. The standard InChI is InChI=1S/C12H17BrN2OS/c1-12(4-2-3-5-15-12)11(16)14-7-10-6-9(13)8-17-10/h6,8,15H,2-5,7H2,1H3,(H,14,16). The van der Waals surface area contributed by atoms with Gasteiger partial charge in [0.15, 0.2) is 0 Å². The largest absolute Gasteiger partial charge is 0.350 e. The molecule has 1 amide bonds. The minimum absolute atomic E-state index is 0.113. The Bertz CT molecular complexity index is 399. The molecule has 1 atom stereocenters. The van der Waals surface area contributed by atoms with Crippen LogP contribution in [-0.4, -0.2) is 18.0 Å². The molecule has 3 nitrogen and oxygen atoms in total. The molecule has 1 aromatic rings. The molecule has 1 unspecified atom stereocenters. The minimum atomic E-state index is -0.382. The smallest absolute Gasteiger partial charge is 0.240 e. The van der Waals surface area contributed by atoms with E-state index in [1.54, 1.807) is 11.3 Å². The second-order valence-corrected chi connectivity index (χ2v) is 6.54. The van der Waals surface area contributed by atoms with Gasteiger partial charge < -0.3 is 10.6 Å². The van der Waals surface area contributed by atoms with Crippen LogP contribution in [0.3, 0.4) is 0 Å². The summed E-state index contributed by atoms with van der Waals surface area (Å²) < 4.78 is 1.08. The molecule has 17 heavy (non-hydrogen) atoms. The Hall–Kier alpha value is -0.390. The van der Waals surface area contributed by atoms with E-state index in [1.807, 2.05) is 18.4 Å². The van der Waals surface area contributed by atoms with E-state index >= 15 is 0 Å². The molecule has 0 saturated carbocycles. The van der Waals surface area contributed by atoms with E-state index in [2.05, 4.69) is 26.6 Å². The monoisotopic (exact) mass is 316 g/mol. The fourth-order valence-electron chi connectivity index (χ4n) is 2.06. The third kappa shape index (κ3) is 3.30. The lowest BCUT2D eigenvalue weighted by Crippen LogP contribution is -2.56. The van der Waals surface area contributed by atoms with Crippen LogP contribution in [-0.2, 0) is 11.3 Å². The van der Waals surface area contributed by atoms with Gasteiger partial charge >= 0.3 is 0 Å². The predicted octanol–water partition coefficient (Wildman–Crippen LogP) is 2.66. The first-order chi connectivity index (χ1) is 8.10. The van der Waals surface area contributed by atoms with Crippen LogP contribution in [0, 0.1) is 0 Å². The van der Waals surface area contributed by atoms with Crippen LogP contribution in [0.2, 0.25) is 0 Å². The fraction of sp³-hybridized carbons (Fsp3) is 0.583. The molecule has 2 rings (SSSR count). The highest BCUT2D eigenvalue weighted by molar-refractivity contribution is 9.10. The van der Waals surface area contributed by atoms with Crippen LogP contribution in [0.4, 0.5) is 0 Å². The van der Waals surface area contributed by atoms with Crippen molar-refractivity contribution in [3.63, 3.8) is 0 Å². The maximum absolute atomic E-state index is 12.1. The zero-order valence-corrected chi connectivity index (χ0v) is 12.3. The van der Waals surface area contributed by atoms with Crippen LogP contribution in [0.1, 0.15) is 31.1 Å². The Morgan fingerprint density at radius 2 is 2.47 bits per heavy atom. The van der Waals surface area contributed by atoms with Gasteiger partial charge in [-0.1, -0.05) is 0 Å². The van der Waals surface area contributed by atoms with E-state index < -0.39 is 0 Å². The number of nitrogens with one attached hydrogen (secondary N) is 2. The maximum Gasteiger partial charge on any atom is 0.240 e. The van der Waals surface area contributed by atoms with E-state index in [-0.39, 0.29) is 11.4 Å². The lowest BCUT2D eigenvalue weighted by molar-refractivity contribution is -0.128. The van der Waals surface area contributed by atoms with E-state index in [4.69, 9.17) is 0 Å². The van der Waals surface area contributed by atoms with Gasteiger partial charge in [0.25, 0.3) is 0 Å². The summed E-state index contributed by atoms with van der Waals surface area (Å²) in [6, 6.07) is 2.04. The number of carbonyl (C=O) groups excluding carboxylic acids is 1. The van der Waals surface area contributed by atoms with Crippen LogP contribution >= 0.6 is 27.3 Å². The van der Waals surface area contributed by atoms with Crippen molar-refractivity contribution in [2.24, 2.45) is 0 Å². The van der Waals surface area contributed by atoms with Gasteiger partial charge in [0.05, 0.1) is 12.1 Å². The molecule has 1 aliphatic heterocycles. The molecule has 1 aliphatic rings. The molecule has 2 heterocycles. The highest BCUT2D eigenvalue weighted by Crippen LogP contribution is 2.21. The third-order valence-corrected chi connectivity index (χ3v) is 4.86. The Balaban J connectivity index is 1.88. The number of hydrogen-bond acceptors (Lipinski definition) is 3. The maximum atomic E-state index is 12.1. The number of amides is 1. The van der Waals surface area contributed by atoms with Crippen molar-refractivity contribution in [1.82, 2.24) is 10.6 Å². The average molecular weight is 317 g/mol. The minimum Gasteiger partial charge on any atom is -0.350 e. The lowest BCUT2D eigenvalue weighted by Gasteiger charge is -2.33. The van der Waals surface area contributed by atoms with Gasteiger partial charge in [-0.15, -0.1) is 11.3 Å². The molecule has 2 N–H and O–H groups in total. The second-order valence-electron chi connectivity index (χ2n) is 4.63. The van der Waals surface area contributed by atoms with E-state index in [0.29, 0.717) is 6.54 Å². The van der Waals surface area contributed by atoms with Crippen LogP contribution in [0.5, 0.6) is 0 Å². The van der Waals surface area contributed by atoms with Crippen molar-refractivity contribution in [1.29, 1.82) is 0 Å². The normalized spacial score (nSPS) is 24.6. The fourth-order valence-corrected chi connectivity index (χ4v) is 3.45. The van der Waals surface area contributed by atoms with Gasteiger partial charge in [-0.3, -0.25) is 4.79 Å². The molecule has 0 bridgehead atoms. The van der Waals surface area contributed by atoms with Gasteiger partial charge in [-0.2, -0.15) is 0 Å². The molecule has 94 valence electrons. The molecule has 0 aliphatic carbocycles. The summed E-state index contributed by atoms with van der Waals surface area (Å²) in [5.74, 6) is 0.113. The molecule has 0 aromatic carbocycles. The van der Waals surface area contributed by atoms with E-state index in [0.717, 1.165) is 23.9 Å². The quantitative estimate of drug-likeness (QED) is 0.900. The van der Waals surface area contributed by atoms with Gasteiger partial charge in [-0.25, -0.2) is 0 Å². The molecule has 5 heteroatoms. The number of halogens is 1. The zero-order valence-electron chi connectivity index (χ0n) is 9.88. The van der Waals surface area contributed by atoms with Gasteiger partial charge in [-0.05, 0) is 54.7 Å². The van der Waals surface area contributed by atoms with Crippen molar-refractivity contribution < 1.29 is 4.79 Å². The second kappa shape index (κ2) is 5.50. The topological polar surface area (TPSA) is 41.1 Å². The van der Waals surface area contributed by atoms with Crippen molar-refractivity contribution in [2.45, 2.75) is 38.3 Å². The number of carbonyl (C=O) groups is 1. The summed E-state index contributed by atoms with van der Waals surface area (Å²) in [5.41, 5.74) is -0.382. The van der Waals surface area contributed by atoms with Crippen molar-refractivity contribution >= 4 is 33.2 Å². The molecule has 1 aromatic heterocycles. The molecule has 0 radical (unpaired) electrons. The van der Waals surface area contributed by atoms with Gasteiger partial charge in [0.1, 0.15) is 0 Å². The third-order valence-electron chi connectivity index (χ3n) is 3.16. The van der Waals surface area contributed by atoms with Crippen molar-refractivity contribution in [3.05, 3.63) is 20.8 Å². The SMILES string of the molecule is CC1(C(=O)NCc2cc(Br)cs2)CCCCN1. The first kappa shape index (κ1) is 13.1. The summed E-state index contributed by atoms with van der Waals surface area (Å²) in [6.45, 7) is 3.55.